The second-order valence-electron chi connectivity index (χ2n) is 8.24. The summed E-state index contributed by atoms with van der Waals surface area (Å²) in [6.45, 7) is 6.03. The van der Waals surface area contributed by atoms with Gasteiger partial charge in [0.25, 0.3) is 0 Å². The van der Waals surface area contributed by atoms with Gasteiger partial charge >= 0.3 is 5.63 Å². The molecule has 0 fully saturated rings. The minimum Gasteiger partial charge on any atom is -0.422 e. The summed E-state index contributed by atoms with van der Waals surface area (Å²) >= 11 is 1.46. The van der Waals surface area contributed by atoms with Crippen molar-refractivity contribution in [1.82, 2.24) is 4.98 Å². The van der Waals surface area contributed by atoms with E-state index in [1.807, 2.05) is 29.6 Å². The average Bonchev–Trinajstić information content (AvgIpc) is 3.35. The fourth-order valence-electron chi connectivity index (χ4n) is 4.19. The van der Waals surface area contributed by atoms with Crippen LogP contribution in [0.2, 0.25) is 0 Å². The predicted molar refractivity (Wildman–Crippen MR) is 142 cm³/mol. The van der Waals surface area contributed by atoms with Crippen LogP contribution in [0.3, 0.4) is 0 Å². The molecule has 4 nitrogen and oxygen atoms in total. The highest BCUT2D eigenvalue weighted by Crippen LogP contribution is 2.30. The summed E-state index contributed by atoms with van der Waals surface area (Å²) in [4.78, 5) is 19.8. The molecule has 5 heteroatoms. The Morgan fingerprint density at radius 2 is 1.62 bits per heavy atom. The molecule has 0 atom stereocenters. The Morgan fingerprint density at radius 3 is 2.35 bits per heavy atom. The van der Waals surface area contributed by atoms with Crippen molar-refractivity contribution in [2.75, 3.05) is 18.0 Å². The van der Waals surface area contributed by atoms with E-state index in [1.165, 1.54) is 22.5 Å². The molecule has 0 saturated heterocycles. The van der Waals surface area contributed by atoms with E-state index < -0.39 is 0 Å². The van der Waals surface area contributed by atoms with Crippen LogP contribution in [0.1, 0.15) is 25.0 Å². The van der Waals surface area contributed by atoms with Gasteiger partial charge in [0.15, 0.2) is 0 Å². The summed E-state index contributed by atoms with van der Waals surface area (Å²) in [6.07, 6.45) is 0.900. The normalized spacial score (nSPS) is 11.1. The van der Waals surface area contributed by atoms with Gasteiger partial charge in [-0.2, -0.15) is 0 Å². The molecule has 2 aromatic heterocycles. The van der Waals surface area contributed by atoms with Gasteiger partial charge in [-0.25, -0.2) is 9.78 Å². The van der Waals surface area contributed by atoms with Crippen molar-refractivity contribution in [2.24, 2.45) is 0 Å². The van der Waals surface area contributed by atoms with Gasteiger partial charge in [-0.1, -0.05) is 54.6 Å². The molecule has 0 unspecified atom stereocenters. The summed E-state index contributed by atoms with van der Waals surface area (Å²) in [5.74, 6) is 0. The fourth-order valence-corrected chi connectivity index (χ4v) is 5.02. The largest absolute Gasteiger partial charge is 0.422 e. The molecule has 5 rings (SSSR count). The van der Waals surface area contributed by atoms with Crippen LogP contribution in [0.25, 0.3) is 32.8 Å². The van der Waals surface area contributed by atoms with Crippen molar-refractivity contribution in [3.8, 4) is 21.8 Å². The van der Waals surface area contributed by atoms with Crippen LogP contribution in [0.15, 0.2) is 93.5 Å². The highest BCUT2D eigenvalue weighted by atomic mass is 32.1. The van der Waals surface area contributed by atoms with E-state index >= 15 is 0 Å². The van der Waals surface area contributed by atoms with Crippen LogP contribution in [-0.4, -0.2) is 18.1 Å². The zero-order valence-electron chi connectivity index (χ0n) is 19.3. The molecule has 34 heavy (non-hydrogen) atoms. The average molecular weight is 467 g/mol. The van der Waals surface area contributed by atoms with Gasteiger partial charge in [0, 0.05) is 41.2 Å². The molecular weight excluding hydrogens is 440 g/mol. The fraction of sp³-hybridized carbons (Fsp3) is 0.172. The number of hydrogen-bond acceptors (Lipinski definition) is 5. The highest BCUT2D eigenvalue weighted by molar-refractivity contribution is 7.13. The summed E-state index contributed by atoms with van der Waals surface area (Å²) in [5.41, 5.74) is 6.24. The summed E-state index contributed by atoms with van der Waals surface area (Å²) < 4.78 is 5.70. The molecular formula is C29H26N2O2S. The van der Waals surface area contributed by atoms with Crippen molar-refractivity contribution in [1.29, 1.82) is 0 Å². The number of benzene rings is 3. The number of hydrogen-bond donors (Lipinski definition) is 0. The third-order valence-corrected chi connectivity index (χ3v) is 6.96. The van der Waals surface area contributed by atoms with Crippen molar-refractivity contribution >= 4 is 28.0 Å². The van der Waals surface area contributed by atoms with E-state index in [0.717, 1.165) is 41.8 Å². The Labute approximate surface area is 203 Å². The first-order valence-corrected chi connectivity index (χ1v) is 12.4. The van der Waals surface area contributed by atoms with Crippen molar-refractivity contribution in [3.05, 3.63) is 106 Å². The first-order valence-electron chi connectivity index (χ1n) is 11.6. The molecule has 3 aromatic carbocycles. The molecule has 0 amide bonds. The van der Waals surface area contributed by atoms with E-state index in [4.69, 9.17) is 9.40 Å². The molecule has 0 aliphatic rings. The molecule has 2 heterocycles. The van der Waals surface area contributed by atoms with E-state index in [-0.39, 0.29) is 5.63 Å². The predicted octanol–water partition coefficient (Wildman–Crippen LogP) is 7.02. The Bertz CT molecular complexity index is 1470. The van der Waals surface area contributed by atoms with Gasteiger partial charge in [-0.15, -0.1) is 11.3 Å². The van der Waals surface area contributed by atoms with E-state index in [1.54, 1.807) is 0 Å². The highest BCUT2D eigenvalue weighted by Gasteiger charge is 2.14. The molecule has 0 aliphatic carbocycles. The Hall–Kier alpha value is -3.70. The topological polar surface area (TPSA) is 46.3 Å². The third kappa shape index (κ3) is 4.52. The molecule has 5 aromatic rings. The number of aromatic nitrogens is 1. The second kappa shape index (κ2) is 9.65. The maximum absolute atomic E-state index is 12.8. The van der Waals surface area contributed by atoms with E-state index in [2.05, 4.69) is 73.3 Å². The number of rotatable bonds is 7. The van der Waals surface area contributed by atoms with Crippen LogP contribution < -0.4 is 10.5 Å². The van der Waals surface area contributed by atoms with Crippen LogP contribution in [-0.2, 0) is 6.42 Å². The number of anilines is 1. The van der Waals surface area contributed by atoms with Crippen LogP contribution >= 0.6 is 11.3 Å². The number of fused-ring (bicyclic) bond motifs is 1. The first kappa shape index (κ1) is 22.1. The van der Waals surface area contributed by atoms with Crippen LogP contribution in [0.5, 0.6) is 0 Å². The van der Waals surface area contributed by atoms with Gasteiger partial charge in [0.1, 0.15) is 10.6 Å². The Kier molecular flexibility index (Phi) is 6.28. The van der Waals surface area contributed by atoms with Crippen LogP contribution in [0, 0.1) is 0 Å². The molecule has 0 N–H and O–H groups in total. The molecule has 0 aliphatic heterocycles. The van der Waals surface area contributed by atoms with Gasteiger partial charge in [0.2, 0.25) is 0 Å². The summed E-state index contributed by atoms with van der Waals surface area (Å²) in [6, 6.07) is 26.8. The van der Waals surface area contributed by atoms with Crippen molar-refractivity contribution in [3.63, 3.8) is 0 Å². The number of nitrogens with zero attached hydrogens (tertiary/aromatic N) is 2. The zero-order valence-corrected chi connectivity index (χ0v) is 20.1. The van der Waals surface area contributed by atoms with Gasteiger partial charge in [0.05, 0.1) is 11.3 Å². The Balaban J connectivity index is 1.40. The standard InChI is InChI=1S/C29H26N2O2S/c1-3-31(4-2)24-15-14-23-17-25(29(32)33-27(23)18-24)28-30-26(19-34-28)22-12-10-21(11-13-22)16-20-8-6-5-7-9-20/h5-15,17-19H,3-4,16H2,1-2H3. The van der Waals surface area contributed by atoms with E-state index in [9.17, 15) is 4.79 Å². The summed E-state index contributed by atoms with van der Waals surface area (Å²) in [5, 5.41) is 3.56. The van der Waals surface area contributed by atoms with E-state index in [0.29, 0.717) is 16.2 Å². The van der Waals surface area contributed by atoms with Gasteiger partial charge < -0.3 is 9.32 Å². The molecule has 0 bridgehead atoms. The third-order valence-electron chi connectivity index (χ3n) is 6.08. The smallest absolute Gasteiger partial charge is 0.346 e. The summed E-state index contributed by atoms with van der Waals surface area (Å²) in [7, 11) is 0. The number of thiazole rings is 1. The maximum atomic E-state index is 12.8. The lowest BCUT2D eigenvalue weighted by Crippen LogP contribution is -2.21. The van der Waals surface area contributed by atoms with Gasteiger partial charge in [-0.3, -0.25) is 0 Å². The monoisotopic (exact) mass is 466 g/mol. The lowest BCUT2D eigenvalue weighted by molar-refractivity contribution is 0.563. The quantitative estimate of drug-likeness (QED) is 0.242. The maximum Gasteiger partial charge on any atom is 0.346 e. The second-order valence-corrected chi connectivity index (χ2v) is 9.10. The molecule has 170 valence electrons. The van der Waals surface area contributed by atoms with Crippen LogP contribution in [0.4, 0.5) is 5.69 Å². The minimum atomic E-state index is -0.358. The lowest BCUT2D eigenvalue weighted by Gasteiger charge is -2.20. The Morgan fingerprint density at radius 1 is 0.882 bits per heavy atom. The first-order chi connectivity index (χ1) is 16.6. The van der Waals surface area contributed by atoms with Crippen molar-refractivity contribution < 1.29 is 4.42 Å². The molecule has 0 spiro atoms. The van der Waals surface area contributed by atoms with Crippen molar-refractivity contribution in [2.45, 2.75) is 20.3 Å². The SMILES string of the molecule is CCN(CC)c1ccc2cc(-c3nc(-c4ccc(Cc5ccccc5)cc4)cs3)c(=O)oc2c1. The molecule has 0 radical (unpaired) electrons. The molecule has 0 saturated carbocycles. The van der Waals surface area contributed by atoms with Gasteiger partial charge in [-0.05, 0) is 49.6 Å². The minimum absolute atomic E-state index is 0.358. The zero-order chi connectivity index (χ0) is 23.5. The lowest BCUT2D eigenvalue weighted by atomic mass is 10.0.